The van der Waals surface area contributed by atoms with E-state index in [0.717, 1.165) is 49.9 Å². The molecule has 0 spiro atoms. The molecule has 29 heavy (non-hydrogen) atoms. The molecular formula is C23H25NO4S. The highest BCUT2D eigenvalue weighted by Crippen LogP contribution is 2.35. The minimum Gasteiger partial charge on any atom is -0.462 e. The maximum absolute atomic E-state index is 12.7. The third kappa shape index (κ3) is 4.22. The maximum atomic E-state index is 12.7. The molecule has 0 N–H and O–H groups in total. The molecule has 1 saturated heterocycles. The Morgan fingerprint density at radius 1 is 1.21 bits per heavy atom. The Morgan fingerprint density at radius 3 is 2.83 bits per heavy atom. The lowest BCUT2D eigenvalue weighted by molar-refractivity contribution is 0.0500. The monoisotopic (exact) mass is 411 g/mol. The van der Waals surface area contributed by atoms with Gasteiger partial charge in [0.15, 0.2) is 11.5 Å². The van der Waals surface area contributed by atoms with Gasteiger partial charge in [-0.2, -0.15) is 0 Å². The van der Waals surface area contributed by atoms with E-state index in [1.807, 2.05) is 23.6 Å². The van der Waals surface area contributed by atoms with Gasteiger partial charge >= 0.3 is 5.97 Å². The molecule has 1 fully saturated rings. The number of unbranched alkanes of at least 4 members (excludes halogenated alkanes) is 1. The average molecular weight is 412 g/mol. The van der Waals surface area contributed by atoms with Gasteiger partial charge in [-0.1, -0.05) is 25.5 Å². The highest BCUT2D eigenvalue weighted by Gasteiger charge is 2.19. The van der Waals surface area contributed by atoms with Crippen molar-refractivity contribution in [3.05, 3.63) is 51.5 Å². The molecule has 3 aromatic rings. The Balaban J connectivity index is 1.69. The fraction of sp³-hybridized carbons (Fsp3) is 0.391. The lowest BCUT2D eigenvalue weighted by Gasteiger charge is -2.26. The molecule has 1 aliphatic heterocycles. The summed E-state index contributed by atoms with van der Waals surface area (Å²) in [4.78, 5) is 27.1. The summed E-state index contributed by atoms with van der Waals surface area (Å²) in [5.41, 5.74) is 2.77. The number of benzene rings is 1. The first-order valence-corrected chi connectivity index (χ1v) is 11.1. The van der Waals surface area contributed by atoms with Crippen LogP contribution in [0.5, 0.6) is 0 Å². The van der Waals surface area contributed by atoms with E-state index in [9.17, 15) is 9.59 Å². The van der Waals surface area contributed by atoms with Crippen LogP contribution in [0, 0.1) is 0 Å². The number of ether oxygens (including phenoxy) is 1. The molecule has 0 atom stereocenters. The number of anilines is 1. The Morgan fingerprint density at radius 2 is 2.03 bits per heavy atom. The van der Waals surface area contributed by atoms with Crippen molar-refractivity contribution in [1.29, 1.82) is 0 Å². The van der Waals surface area contributed by atoms with E-state index in [2.05, 4.69) is 11.8 Å². The van der Waals surface area contributed by atoms with Crippen LogP contribution in [0.1, 0.15) is 49.4 Å². The fourth-order valence-corrected chi connectivity index (χ4v) is 4.52. The Labute approximate surface area is 173 Å². The van der Waals surface area contributed by atoms with Crippen LogP contribution in [-0.4, -0.2) is 25.7 Å². The van der Waals surface area contributed by atoms with Gasteiger partial charge in [0.05, 0.1) is 12.2 Å². The zero-order chi connectivity index (χ0) is 20.2. The molecule has 0 aliphatic carbocycles. The summed E-state index contributed by atoms with van der Waals surface area (Å²) in [6, 6.07) is 8.93. The van der Waals surface area contributed by atoms with Crippen molar-refractivity contribution in [3.63, 3.8) is 0 Å². The molecule has 5 nitrogen and oxygen atoms in total. The van der Waals surface area contributed by atoms with Crippen molar-refractivity contribution < 1.29 is 13.9 Å². The van der Waals surface area contributed by atoms with E-state index in [1.165, 1.54) is 17.8 Å². The molecule has 0 radical (unpaired) electrons. The van der Waals surface area contributed by atoms with Gasteiger partial charge in [0.2, 0.25) is 5.43 Å². The predicted octanol–water partition coefficient (Wildman–Crippen LogP) is 5.47. The van der Waals surface area contributed by atoms with E-state index in [4.69, 9.17) is 9.15 Å². The number of rotatable bonds is 6. The van der Waals surface area contributed by atoms with Crippen LogP contribution in [0.2, 0.25) is 0 Å². The maximum Gasteiger partial charge on any atom is 0.338 e. The van der Waals surface area contributed by atoms with Crippen molar-refractivity contribution in [1.82, 2.24) is 0 Å². The standard InChI is InChI=1S/C23H25NO4S/c1-2-3-12-27-23(26)17-9-7-8-16(13-17)18-15-29-22-19(25)14-20(28-21(18)22)24-10-5-4-6-11-24/h7-9,13-15H,2-6,10-12H2,1H3. The number of nitrogens with zero attached hydrogens (tertiary/aromatic N) is 1. The number of carbonyl (C=O) groups excluding carboxylic acids is 1. The van der Waals surface area contributed by atoms with Crippen LogP contribution in [0.4, 0.5) is 5.88 Å². The van der Waals surface area contributed by atoms with Gasteiger partial charge in [0.25, 0.3) is 0 Å². The van der Waals surface area contributed by atoms with Crippen LogP contribution < -0.4 is 10.3 Å². The summed E-state index contributed by atoms with van der Waals surface area (Å²) in [6.45, 7) is 4.30. The second-order valence-corrected chi connectivity index (χ2v) is 8.25. The van der Waals surface area contributed by atoms with Crippen LogP contribution in [0.15, 0.2) is 44.9 Å². The highest BCUT2D eigenvalue weighted by molar-refractivity contribution is 7.17. The molecule has 152 valence electrons. The number of hydrogen-bond donors (Lipinski definition) is 0. The fourth-order valence-electron chi connectivity index (χ4n) is 3.61. The van der Waals surface area contributed by atoms with Gasteiger partial charge in [-0.15, -0.1) is 11.3 Å². The topological polar surface area (TPSA) is 59.8 Å². The predicted molar refractivity (Wildman–Crippen MR) is 117 cm³/mol. The molecule has 3 heterocycles. The quantitative estimate of drug-likeness (QED) is 0.398. The van der Waals surface area contributed by atoms with Gasteiger partial charge in [-0.3, -0.25) is 4.79 Å². The third-order valence-corrected chi connectivity index (χ3v) is 6.21. The number of carbonyl (C=O) groups is 1. The van der Waals surface area contributed by atoms with Gasteiger partial charge in [0, 0.05) is 30.1 Å². The van der Waals surface area contributed by atoms with Gasteiger partial charge in [-0.05, 0) is 43.4 Å². The summed E-state index contributed by atoms with van der Waals surface area (Å²) in [7, 11) is 0. The van der Waals surface area contributed by atoms with Crippen LogP contribution in [0.3, 0.4) is 0 Å². The molecule has 1 aromatic carbocycles. The Hall–Kier alpha value is -2.60. The lowest BCUT2D eigenvalue weighted by Crippen LogP contribution is -2.29. The molecule has 0 saturated carbocycles. The normalized spacial score (nSPS) is 14.3. The van der Waals surface area contributed by atoms with Crippen molar-refractivity contribution in [2.75, 3.05) is 24.6 Å². The summed E-state index contributed by atoms with van der Waals surface area (Å²) >= 11 is 1.38. The number of hydrogen-bond acceptors (Lipinski definition) is 6. The second kappa shape index (κ2) is 8.82. The van der Waals surface area contributed by atoms with Gasteiger partial charge < -0.3 is 14.1 Å². The zero-order valence-corrected chi connectivity index (χ0v) is 17.4. The van der Waals surface area contributed by atoms with Gasteiger partial charge in [0.1, 0.15) is 4.70 Å². The highest BCUT2D eigenvalue weighted by atomic mass is 32.1. The largest absolute Gasteiger partial charge is 0.462 e. The summed E-state index contributed by atoms with van der Waals surface area (Å²) in [6.07, 6.45) is 5.27. The molecule has 6 heteroatoms. The van der Waals surface area contributed by atoms with Gasteiger partial charge in [-0.25, -0.2) is 4.79 Å². The van der Waals surface area contributed by atoms with E-state index < -0.39 is 0 Å². The van der Waals surface area contributed by atoms with Crippen molar-refractivity contribution in [3.8, 4) is 11.1 Å². The minimum atomic E-state index is -0.324. The molecule has 4 rings (SSSR count). The Kier molecular flexibility index (Phi) is 6.00. The molecular weight excluding hydrogens is 386 g/mol. The van der Waals surface area contributed by atoms with E-state index >= 15 is 0 Å². The zero-order valence-electron chi connectivity index (χ0n) is 16.6. The summed E-state index contributed by atoms with van der Waals surface area (Å²) in [5, 5.41) is 1.93. The first-order valence-electron chi connectivity index (χ1n) is 10.2. The summed E-state index contributed by atoms with van der Waals surface area (Å²) in [5.74, 6) is 0.312. The average Bonchev–Trinajstić information content (AvgIpc) is 3.19. The number of esters is 1. The molecule has 1 aliphatic rings. The molecule has 0 unspecified atom stereocenters. The van der Waals surface area contributed by atoms with Crippen LogP contribution in [-0.2, 0) is 4.74 Å². The lowest BCUT2D eigenvalue weighted by atomic mass is 10.1. The van der Waals surface area contributed by atoms with Crippen LogP contribution >= 0.6 is 11.3 Å². The molecule has 2 aromatic heterocycles. The SMILES string of the molecule is CCCCOC(=O)c1cccc(-c2csc3c(=O)cc(N4CCCCC4)oc23)c1. The third-order valence-electron chi connectivity index (χ3n) is 5.24. The first kappa shape index (κ1) is 19.7. The number of thiophene rings is 1. The second-order valence-electron chi connectivity index (χ2n) is 7.37. The number of piperidine rings is 1. The molecule has 0 bridgehead atoms. The first-order chi connectivity index (χ1) is 14.2. The van der Waals surface area contributed by atoms with Crippen molar-refractivity contribution >= 4 is 33.5 Å². The van der Waals surface area contributed by atoms with Crippen LogP contribution in [0.25, 0.3) is 21.4 Å². The van der Waals surface area contributed by atoms with Crippen molar-refractivity contribution in [2.24, 2.45) is 0 Å². The molecule has 0 amide bonds. The smallest absolute Gasteiger partial charge is 0.338 e. The van der Waals surface area contributed by atoms with Crippen molar-refractivity contribution in [2.45, 2.75) is 39.0 Å². The van der Waals surface area contributed by atoms with E-state index in [-0.39, 0.29) is 11.4 Å². The van der Waals surface area contributed by atoms with E-state index in [1.54, 1.807) is 12.1 Å². The van der Waals surface area contributed by atoms with E-state index in [0.29, 0.717) is 28.3 Å². The number of fused-ring (bicyclic) bond motifs is 1. The minimum absolute atomic E-state index is 0.0156. The summed E-state index contributed by atoms with van der Waals surface area (Å²) < 4.78 is 12.1. The Bertz CT molecular complexity index is 1060.